The molecule has 2 atom stereocenters. The van der Waals surface area contributed by atoms with Crippen molar-refractivity contribution < 1.29 is 14.3 Å². The van der Waals surface area contributed by atoms with Crippen LogP contribution in [0.15, 0.2) is 35.3 Å². The summed E-state index contributed by atoms with van der Waals surface area (Å²) in [5.41, 5.74) is 0.725. The molecule has 0 spiro atoms. The van der Waals surface area contributed by atoms with Crippen molar-refractivity contribution in [1.29, 1.82) is 0 Å². The fourth-order valence-corrected chi connectivity index (χ4v) is 3.51. The number of hydrogen-bond donors (Lipinski definition) is 1. The van der Waals surface area contributed by atoms with Crippen LogP contribution in [0.4, 0.5) is 4.79 Å². The average molecular weight is 433 g/mol. The molecule has 2 unspecified atom stereocenters. The number of ether oxygens (including phenoxy) is 2. The first-order chi connectivity index (χ1) is 14.7. The summed E-state index contributed by atoms with van der Waals surface area (Å²) in [6.07, 6.45) is 1.63. The van der Waals surface area contributed by atoms with Gasteiger partial charge in [-0.05, 0) is 46.1 Å². The third-order valence-electron chi connectivity index (χ3n) is 5.45. The highest BCUT2D eigenvalue weighted by Gasteiger charge is 2.26. The number of aliphatic imine (C=N–C) groups is 1. The minimum Gasteiger partial charge on any atom is -0.444 e. The van der Waals surface area contributed by atoms with Gasteiger partial charge in [0.15, 0.2) is 5.96 Å². The first kappa shape index (κ1) is 25.0. The van der Waals surface area contributed by atoms with Gasteiger partial charge >= 0.3 is 6.09 Å². The summed E-state index contributed by atoms with van der Waals surface area (Å²) in [5, 5.41) is 3.44. The molecule has 0 saturated carbocycles. The number of guanidine groups is 1. The van der Waals surface area contributed by atoms with E-state index in [4.69, 9.17) is 9.47 Å². The van der Waals surface area contributed by atoms with Gasteiger partial charge in [0.2, 0.25) is 0 Å². The van der Waals surface area contributed by atoms with Crippen LogP contribution >= 0.6 is 0 Å². The molecule has 1 aromatic carbocycles. The van der Waals surface area contributed by atoms with E-state index in [-0.39, 0.29) is 12.1 Å². The van der Waals surface area contributed by atoms with Crippen molar-refractivity contribution in [3.63, 3.8) is 0 Å². The second kappa shape index (κ2) is 11.9. The summed E-state index contributed by atoms with van der Waals surface area (Å²) in [6, 6.07) is 10.4. The summed E-state index contributed by atoms with van der Waals surface area (Å²) in [5.74, 6) is 1.43. The topological polar surface area (TPSA) is 66.4 Å². The van der Waals surface area contributed by atoms with Gasteiger partial charge in [-0.2, -0.15) is 0 Å². The van der Waals surface area contributed by atoms with Gasteiger partial charge in [-0.1, -0.05) is 30.3 Å². The largest absolute Gasteiger partial charge is 0.444 e. The number of hydrogen-bond acceptors (Lipinski definition) is 4. The average Bonchev–Trinajstić information content (AvgIpc) is 3.18. The fraction of sp³-hybridized carbons (Fsp3) is 0.667. The molecule has 7 nitrogen and oxygen atoms in total. The Balaban J connectivity index is 1.69. The predicted octanol–water partition coefficient (Wildman–Crippen LogP) is 3.75. The summed E-state index contributed by atoms with van der Waals surface area (Å²) in [6.45, 7) is 11.8. The van der Waals surface area contributed by atoms with E-state index in [9.17, 15) is 4.79 Å². The zero-order valence-corrected chi connectivity index (χ0v) is 20.1. The van der Waals surface area contributed by atoms with Gasteiger partial charge in [0.05, 0.1) is 13.2 Å². The maximum atomic E-state index is 12.2. The van der Waals surface area contributed by atoms with E-state index in [1.807, 2.05) is 52.9 Å². The van der Waals surface area contributed by atoms with Crippen molar-refractivity contribution in [3.05, 3.63) is 35.9 Å². The smallest absolute Gasteiger partial charge is 0.410 e. The molecule has 2 rings (SSSR count). The molecule has 31 heavy (non-hydrogen) atoms. The van der Waals surface area contributed by atoms with Crippen LogP contribution in [0.2, 0.25) is 0 Å². The molecule has 0 aliphatic carbocycles. The lowest BCUT2D eigenvalue weighted by atomic mass is 10.1. The predicted molar refractivity (Wildman–Crippen MR) is 125 cm³/mol. The molecule has 1 heterocycles. The van der Waals surface area contributed by atoms with Gasteiger partial charge in [-0.25, -0.2) is 4.79 Å². The molecule has 1 aromatic rings. The van der Waals surface area contributed by atoms with Crippen LogP contribution in [0.25, 0.3) is 0 Å². The van der Waals surface area contributed by atoms with Gasteiger partial charge in [0.25, 0.3) is 0 Å². The second-order valence-corrected chi connectivity index (χ2v) is 9.30. The van der Waals surface area contributed by atoms with E-state index in [0.717, 1.165) is 45.0 Å². The van der Waals surface area contributed by atoms with Gasteiger partial charge in [0.1, 0.15) is 5.60 Å². The number of rotatable bonds is 8. The molecule has 1 fully saturated rings. The molecule has 0 bridgehead atoms. The summed E-state index contributed by atoms with van der Waals surface area (Å²) in [4.78, 5) is 20.6. The zero-order chi connectivity index (χ0) is 22.9. The minimum absolute atomic E-state index is 0.0677. The van der Waals surface area contributed by atoms with E-state index in [1.165, 1.54) is 5.56 Å². The molecule has 1 N–H and O–H groups in total. The Hall–Kier alpha value is -2.28. The highest BCUT2D eigenvalue weighted by Crippen LogP contribution is 2.17. The fourth-order valence-electron chi connectivity index (χ4n) is 3.51. The van der Waals surface area contributed by atoms with E-state index < -0.39 is 5.60 Å². The number of nitrogens with zero attached hydrogens (tertiary/aromatic N) is 3. The molecule has 1 amide bonds. The normalized spacial score (nSPS) is 18.1. The first-order valence-electron chi connectivity index (χ1n) is 11.2. The Morgan fingerprint density at radius 1 is 1.32 bits per heavy atom. The van der Waals surface area contributed by atoms with E-state index in [1.54, 1.807) is 11.9 Å². The van der Waals surface area contributed by atoms with Crippen LogP contribution < -0.4 is 5.32 Å². The number of likely N-dealkylation sites (tertiary alicyclic amines) is 1. The Kier molecular flexibility index (Phi) is 9.62. The summed E-state index contributed by atoms with van der Waals surface area (Å²) in [7, 11) is 3.60. The SMILES string of the molecule is CN=C(NCCC(C)N(C)C(=O)OC(C)(C)C)N1CCC(COCc2ccccc2)C1. The van der Waals surface area contributed by atoms with Crippen molar-refractivity contribution in [2.45, 2.75) is 58.8 Å². The van der Waals surface area contributed by atoms with Gasteiger partial charge in [-0.15, -0.1) is 0 Å². The summed E-state index contributed by atoms with van der Waals surface area (Å²) >= 11 is 0. The molecule has 1 aliphatic rings. The highest BCUT2D eigenvalue weighted by atomic mass is 16.6. The number of carbonyl (C=O) groups excluding carboxylic acids is 1. The molecule has 1 aliphatic heterocycles. The van der Waals surface area contributed by atoms with Crippen LogP contribution in [-0.2, 0) is 16.1 Å². The molecule has 7 heteroatoms. The number of amides is 1. The monoisotopic (exact) mass is 432 g/mol. The first-order valence-corrected chi connectivity index (χ1v) is 11.2. The number of carbonyl (C=O) groups is 1. The Morgan fingerprint density at radius 2 is 2.03 bits per heavy atom. The van der Waals surface area contributed by atoms with Crippen LogP contribution in [-0.4, -0.2) is 73.8 Å². The van der Waals surface area contributed by atoms with E-state index in [2.05, 4.69) is 27.3 Å². The van der Waals surface area contributed by atoms with Crippen molar-refractivity contribution >= 4 is 12.1 Å². The molecule has 0 radical (unpaired) electrons. The Morgan fingerprint density at radius 3 is 2.68 bits per heavy atom. The van der Waals surface area contributed by atoms with Crippen LogP contribution in [0.5, 0.6) is 0 Å². The molecular weight excluding hydrogens is 392 g/mol. The maximum Gasteiger partial charge on any atom is 0.410 e. The van der Waals surface area contributed by atoms with Crippen LogP contribution in [0.1, 0.15) is 46.1 Å². The van der Waals surface area contributed by atoms with Crippen molar-refractivity contribution in [3.8, 4) is 0 Å². The Labute approximate surface area is 187 Å². The van der Waals surface area contributed by atoms with E-state index in [0.29, 0.717) is 12.5 Å². The molecule has 1 saturated heterocycles. The second-order valence-electron chi connectivity index (χ2n) is 9.30. The zero-order valence-electron chi connectivity index (χ0n) is 20.1. The number of nitrogens with one attached hydrogen (secondary N) is 1. The van der Waals surface area contributed by atoms with E-state index >= 15 is 0 Å². The lowest BCUT2D eigenvalue weighted by Crippen LogP contribution is -2.43. The van der Waals surface area contributed by atoms with Gasteiger partial charge in [-0.3, -0.25) is 4.99 Å². The van der Waals surface area contributed by atoms with Gasteiger partial charge in [0, 0.05) is 45.7 Å². The van der Waals surface area contributed by atoms with Gasteiger partial charge < -0.3 is 24.6 Å². The highest BCUT2D eigenvalue weighted by molar-refractivity contribution is 5.80. The minimum atomic E-state index is -0.484. The molecule has 174 valence electrons. The number of benzene rings is 1. The Bertz CT molecular complexity index is 703. The third-order valence-corrected chi connectivity index (χ3v) is 5.45. The van der Waals surface area contributed by atoms with Crippen LogP contribution in [0, 0.1) is 5.92 Å². The van der Waals surface area contributed by atoms with Crippen molar-refractivity contribution in [2.75, 3.05) is 40.3 Å². The third kappa shape index (κ3) is 8.77. The van der Waals surface area contributed by atoms with Crippen molar-refractivity contribution in [1.82, 2.24) is 15.1 Å². The lowest BCUT2D eigenvalue weighted by molar-refractivity contribution is 0.0230. The molecule has 0 aromatic heterocycles. The van der Waals surface area contributed by atoms with Crippen molar-refractivity contribution in [2.24, 2.45) is 10.9 Å². The maximum absolute atomic E-state index is 12.2. The molecular formula is C24H40N4O3. The lowest BCUT2D eigenvalue weighted by Gasteiger charge is -2.29. The standard InChI is InChI=1S/C24H40N4O3/c1-19(27(6)23(29)31-24(2,3)4)12-14-26-22(25-5)28-15-13-21(16-28)18-30-17-20-10-8-7-9-11-20/h7-11,19,21H,12-18H2,1-6H3,(H,25,26). The summed E-state index contributed by atoms with van der Waals surface area (Å²) < 4.78 is 11.4. The quantitative estimate of drug-likeness (QED) is 0.501. The van der Waals surface area contributed by atoms with Crippen LogP contribution in [0.3, 0.4) is 0 Å².